The van der Waals surface area contributed by atoms with Crippen LogP contribution in [0.5, 0.6) is 5.75 Å². The summed E-state index contributed by atoms with van der Waals surface area (Å²) in [7, 11) is 0. The van der Waals surface area contributed by atoms with Gasteiger partial charge in [-0.25, -0.2) is 4.98 Å². The molecule has 0 amide bonds. The van der Waals surface area contributed by atoms with Crippen LogP contribution in [-0.4, -0.2) is 70.0 Å². The van der Waals surface area contributed by atoms with Crippen molar-refractivity contribution < 1.29 is 5.11 Å². The minimum atomic E-state index is 0.185. The molecule has 0 radical (unpaired) electrons. The van der Waals surface area contributed by atoms with E-state index in [1.54, 1.807) is 12.1 Å². The molecular weight excluding hydrogens is 474 g/mol. The lowest BCUT2D eigenvalue weighted by molar-refractivity contribution is 0.204. The van der Waals surface area contributed by atoms with Gasteiger partial charge in [0, 0.05) is 49.2 Å². The lowest BCUT2D eigenvalue weighted by atomic mass is 10.0. The molecule has 196 valence electrons. The minimum Gasteiger partial charge on any atom is -0.507 e. The number of fused-ring (bicyclic) bond motifs is 2. The number of rotatable bonds is 4. The molecular formula is C30H35N7O. The highest BCUT2D eigenvalue weighted by Crippen LogP contribution is 2.39. The van der Waals surface area contributed by atoms with Crippen molar-refractivity contribution in [2.75, 3.05) is 48.3 Å². The predicted octanol–water partition coefficient (Wildman–Crippen LogP) is 3.77. The summed E-state index contributed by atoms with van der Waals surface area (Å²) < 4.78 is 0. The Morgan fingerprint density at radius 3 is 2.63 bits per heavy atom. The lowest BCUT2D eigenvalue weighted by Crippen LogP contribution is -2.54. The van der Waals surface area contributed by atoms with Crippen molar-refractivity contribution in [1.82, 2.24) is 20.1 Å². The fraction of sp³-hybridized carbons (Fsp3) is 0.433. The largest absolute Gasteiger partial charge is 0.507 e. The van der Waals surface area contributed by atoms with Crippen LogP contribution in [0.15, 0.2) is 48.7 Å². The number of aromatic hydroxyl groups is 1. The molecule has 3 N–H and O–H groups in total. The van der Waals surface area contributed by atoms with E-state index in [2.05, 4.69) is 60.8 Å². The van der Waals surface area contributed by atoms with Gasteiger partial charge in [-0.1, -0.05) is 25.0 Å². The fourth-order valence-corrected chi connectivity index (χ4v) is 6.31. The zero-order valence-corrected chi connectivity index (χ0v) is 21.9. The number of piperidine rings is 1. The number of nitrogens with zero attached hydrogens (tertiary/aromatic N) is 6. The topological polar surface area (TPSA) is 94.6 Å². The molecule has 2 bridgehead atoms. The number of aromatic nitrogens is 3. The summed E-state index contributed by atoms with van der Waals surface area (Å²) >= 11 is 0. The van der Waals surface area contributed by atoms with Crippen molar-refractivity contribution in [3.63, 3.8) is 0 Å². The summed E-state index contributed by atoms with van der Waals surface area (Å²) in [6.45, 7) is 7.12. The van der Waals surface area contributed by atoms with Crippen LogP contribution in [0.25, 0.3) is 11.3 Å². The summed E-state index contributed by atoms with van der Waals surface area (Å²) in [6.07, 6.45) is 6.73. The van der Waals surface area contributed by atoms with E-state index in [0.717, 1.165) is 62.9 Å². The maximum Gasteiger partial charge on any atom is 0.169 e. The molecule has 3 unspecified atom stereocenters. The van der Waals surface area contributed by atoms with Gasteiger partial charge in [0.15, 0.2) is 5.82 Å². The average molecular weight is 510 g/mol. The number of hydrogen-bond acceptors (Lipinski definition) is 8. The van der Waals surface area contributed by atoms with E-state index < -0.39 is 0 Å². The highest BCUT2D eigenvalue weighted by molar-refractivity contribution is 5.74. The number of nitrogen functional groups attached to an aromatic ring is 1. The first kappa shape index (κ1) is 24.5. The van der Waals surface area contributed by atoms with Crippen LogP contribution in [0.4, 0.5) is 17.2 Å². The maximum absolute atomic E-state index is 10.3. The molecule has 8 heteroatoms. The Bertz CT molecular complexity index is 1350. The van der Waals surface area contributed by atoms with Gasteiger partial charge in [-0.3, -0.25) is 4.90 Å². The van der Waals surface area contributed by atoms with Crippen LogP contribution in [0.3, 0.4) is 0 Å². The van der Waals surface area contributed by atoms with Crippen LogP contribution in [0.1, 0.15) is 38.3 Å². The highest BCUT2D eigenvalue weighted by Gasteiger charge is 2.40. The van der Waals surface area contributed by atoms with Crippen molar-refractivity contribution in [1.29, 1.82) is 0 Å². The molecule has 6 rings (SSSR count). The van der Waals surface area contributed by atoms with E-state index in [1.807, 2.05) is 24.4 Å². The summed E-state index contributed by atoms with van der Waals surface area (Å²) in [5.41, 5.74) is 10.5. The Hall–Kier alpha value is -3.83. The van der Waals surface area contributed by atoms with Crippen molar-refractivity contribution in [2.45, 2.75) is 44.7 Å². The fourth-order valence-electron chi connectivity index (χ4n) is 6.31. The summed E-state index contributed by atoms with van der Waals surface area (Å²) in [4.78, 5) is 11.9. The molecule has 3 saturated heterocycles. The number of phenols is 1. The Balaban J connectivity index is 1.18. The van der Waals surface area contributed by atoms with Gasteiger partial charge in [-0.2, -0.15) is 0 Å². The minimum absolute atomic E-state index is 0.185. The molecule has 8 nitrogen and oxygen atoms in total. The summed E-state index contributed by atoms with van der Waals surface area (Å²) in [5.74, 6) is 8.04. The standard InChI is InChI=1S/C30H35N7O/c1-21-6-4-14-35(18-21)15-5-7-22-16-23(12-13-32-22)37-24-10-11-25(37)20-36(19-24)28-17-27(33-34-30(28)31)26-8-2-3-9-29(26)38/h2-3,8-9,12-13,16-17,21,24-25,38H,4,6,10-11,14-15,18-20H2,1H3,(H2,31,34). The molecule has 5 heterocycles. The third-order valence-electron chi connectivity index (χ3n) is 8.11. The first-order chi connectivity index (χ1) is 18.5. The van der Waals surface area contributed by atoms with E-state index in [9.17, 15) is 5.11 Å². The van der Waals surface area contributed by atoms with Gasteiger partial charge in [-0.05, 0) is 74.4 Å². The van der Waals surface area contributed by atoms with E-state index in [4.69, 9.17) is 5.73 Å². The van der Waals surface area contributed by atoms with Gasteiger partial charge in [0.05, 0.1) is 17.9 Å². The molecule has 3 aliphatic heterocycles. The second-order valence-electron chi connectivity index (χ2n) is 10.9. The molecule has 3 fully saturated rings. The third-order valence-corrected chi connectivity index (χ3v) is 8.11. The number of nitrogens with two attached hydrogens (primary N) is 1. The third kappa shape index (κ3) is 4.99. The van der Waals surface area contributed by atoms with Gasteiger partial charge in [-0.15, -0.1) is 10.2 Å². The van der Waals surface area contributed by atoms with Gasteiger partial charge in [0.1, 0.15) is 11.4 Å². The molecule has 3 atom stereocenters. The van der Waals surface area contributed by atoms with E-state index in [1.165, 1.54) is 18.5 Å². The molecule has 2 aromatic heterocycles. The van der Waals surface area contributed by atoms with Crippen molar-refractivity contribution in [3.05, 3.63) is 54.4 Å². The second kappa shape index (κ2) is 10.5. The maximum atomic E-state index is 10.3. The number of anilines is 3. The SMILES string of the molecule is CC1CCCN(CC#Cc2cc(N3C4CCC3CN(c3cc(-c5ccccc5O)nnc3N)C4)ccn2)C1. The molecule has 0 saturated carbocycles. The summed E-state index contributed by atoms with van der Waals surface area (Å²) in [5, 5.41) is 18.8. The van der Waals surface area contributed by atoms with E-state index in [0.29, 0.717) is 29.2 Å². The van der Waals surface area contributed by atoms with E-state index >= 15 is 0 Å². The smallest absolute Gasteiger partial charge is 0.169 e. The van der Waals surface area contributed by atoms with E-state index in [-0.39, 0.29) is 5.75 Å². The first-order valence-corrected chi connectivity index (χ1v) is 13.7. The molecule has 38 heavy (non-hydrogen) atoms. The number of hydrogen-bond donors (Lipinski definition) is 2. The second-order valence-corrected chi connectivity index (χ2v) is 10.9. The Labute approximate surface area is 224 Å². The lowest BCUT2D eigenvalue weighted by Gasteiger charge is -2.43. The molecule has 1 aromatic carbocycles. The molecule has 0 spiro atoms. The normalized spacial score (nSPS) is 23.2. The molecule has 3 aromatic rings. The number of benzene rings is 1. The van der Waals surface area contributed by atoms with Crippen LogP contribution in [-0.2, 0) is 0 Å². The zero-order valence-electron chi connectivity index (χ0n) is 21.9. The Morgan fingerprint density at radius 1 is 1.03 bits per heavy atom. The van der Waals surface area contributed by atoms with Crippen molar-refractivity contribution in [2.24, 2.45) is 5.92 Å². The number of phenolic OH excluding ortho intramolecular Hbond substituents is 1. The van der Waals surface area contributed by atoms with Crippen LogP contribution < -0.4 is 15.5 Å². The number of likely N-dealkylation sites (tertiary alicyclic amines) is 1. The van der Waals surface area contributed by atoms with Crippen molar-refractivity contribution >= 4 is 17.2 Å². The Kier molecular flexibility index (Phi) is 6.77. The number of piperazine rings is 1. The van der Waals surface area contributed by atoms with Crippen LogP contribution in [0.2, 0.25) is 0 Å². The zero-order chi connectivity index (χ0) is 26.1. The van der Waals surface area contributed by atoms with Gasteiger partial charge in [0.25, 0.3) is 0 Å². The number of para-hydroxylation sites is 1. The predicted molar refractivity (Wildman–Crippen MR) is 151 cm³/mol. The van der Waals surface area contributed by atoms with Gasteiger partial charge >= 0.3 is 0 Å². The first-order valence-electron chi connectivity index (χ1n) is 13.7. The van der Waals surface area contributed by atoms with Gasteiger partial charge in [0.2, 0.25) is 0 Å². The summed E-state index contributed by atoms with van der Waals surface area (Å²) in [6, 6.07) is 14.1. The molecule has 3 aliphatic rings. The monoisotopic (exact) mass is 509 g/mol. The van der Waals surface area contributed by atoms with Gasteiger partial charge < -0.3 is 20.6 Å². The van der Waals surface area contributed by atoms with Crippen molar-refractivity contribution in [3.8, 4) is 28.8 Å². The highest BCUT2D eigenvalue weighted by atomic mass is 16.3. The Morgan fingerprint density at radius 2 is 1.84 bits per heavy atom. The average Bonchev–Trinajstić information content (AvgIpc) is 3.19. The van der Waals surface area contributed by atoms with Crippen LogP contribution in [0, 0.1) is 17.8 Å². The quantitative estimate of drug-likeness (QED) is 0.514. The van der Waals surface area contributed by atoms with Crippen LogP contribution >= 0.6 is 0 Å². The molecule has 0 aliphatic carbocycles. The number of pyridine rings is 1.